The number of rotatable bonds is 2. The molecule has 0 radical (unpaired) electrons. The van der Waals surface area contributed by atoms with Crippen LogP contribution in [0.4, 0.5) is 0 Å². The zero-order chi connectivity index (χ0) is 13.6. The van der Waals surface area contributed by atoms with Crippen LogP contribution in [0.15, 0.2) is 24.3 Å². The molecule has 0 saturated heterocycles. The fraction of sp³-hybridized carbons (Fsp3) is 0.250. The first kappa shape index (κ1) is 11.9. The molecule has 3 heteroatoms. The van der Waals surface area contributed by atoms with E-state index in [2.05, 4.69) is 37.0 Å². The smallest absolute Gasteiger partial charge is 0.146 e. The van der Waals surface area contributed by atoms with Gasteiger partial charge in [0.15, 0.2) is 0 Å². The number of benzene rings is 2. The highest BCUT2D eigenvalue weighted by Crippen LogP contribution is 2.37. The Morgan fingerprint density at radius 3 is 2.32 bits per heavy atom. The summed E-state index contributed by atoms with van der Waals surface area (Å²) in [6, 6.07) is 8.25. The Bertz CT molecular complexity index is 771. The number of nitrogens with one attached hydrogen (secondary N) is 1. The Hall–Kier alpha value is -2.16. The minimum atomic E-state index is 0.810. The van der Waals surface area contributed by atoms with Crippen LogP contribution in [0.5, 0.6) is 11.5 Å². The summed E-state index contributed by atoms with van der Waals surface area (Å²) in [5.74, 6) is 1.62. The minimum Gasteiger partial charge on any atom is -0.497 e. The van der Waals surface area contributed by atoms with E-state index < -0.39 is 0 Å². The van der Waals surface area contributed by atoms with Crippen LogP contribution < -0.4 is 9.47 Å². The summed E-state index contributed by atoms with van der Waals surface area (Å²) in [6.07, 6.45) is 0. The summed E-state index contributed by atoms with van der Waals surface area (Å²) in [6.45, 7) is 4.24. The molecule has 0 atom stereocenters. The van der Waals surface area contributed by atoms with Gasteiger partial charge in [0.2, 0.25) is 0 Å². The van der Waals surface area contributed by atoms with Crippen molar-refractivity contribution in [1.82, 2.24) is 4.98 Å². The van der Waals surface area contributed by atoms with Gasteiger partial charge in [0.1, 0.15) is 11.5 Å². The Morgan fingerprint density at radius 1 is 0.895 bits per heavy atom. The van der Waals surface area contributed by atoms with Gasteiger partial charge < -0.3 is 14.5 Å². The third-order valence-electron chi connectivity index (χ3n) is 3.67. The highest BCUT2D eigenvalue weighted by Gasteiger charge is 2.13. The molecule has 1 heterocycles. The number of fused-ring (bicyclic) bond motifs is 3. The van der Waals surface area contributed by atoms with Gasteiger partial charge >= 0.3 is 0 Å². The zero-order valence-corrected chi connectivity index (χ0v) is 11.6. The van der Waals surface area contributed by atoms with Crippen molar-refractivity contribution in [2.75, 3.05) is 14.2 Å². The molecule has 3 aromatic rings. The summed E-state index contributed by atoms with van der Waals surface area (Å²) < 4.78 is 10.8. The largest absolute Gasteiger partial charge is 0.497 e. The van der Waals surface area contributed by atoms with Crippen molar-refractivity contribution < 1.29 is 9.47 Å². The zero-order valence-electron chi connectivity index (χ0n) is 11.6. The Balaban J connectivity index is 2.54. The number of hydrogen-bond acceptors (Lipinski definition) is 2. The van der Waals surface area contributed by atoms with Gasteiger partial charge in [0, 0.05) is 22.4 Å². The molecule has 2 aromatic carbocycles. The highest BCUT2D eigenvalue weighted by molar-refractivity contribution is 6.12. The second-order valence-corrected chi connectivity index (χ2v) is 4.83. The summed E-state index contributed by atoms with van der Waals surface area (Å²) in [5, 5.41) is 2.39. The molecule has 1 N–H and O–H groups in total. The van der Waals surface area contributed by atoms with Crippen molar-refractivity contribution in [3.63, 3.8) is 0 Å². The fourth-order valence-corrected chi connectivity index (χ4v) is 2.64. The monoisotopic (exact) mass is 255 g/mol. The van der Waals surface area contributed by atoms with Crippen LogP contribution in [0, 0.1) is 13.8 Å². The van der Waals surface area contributed by atoms with Gasteiger partial charge in [-0.05, 0) is 31.0 Å². The molecule has 1 aromatic heterocycles. The average Bonchev–Trinajstić information content (AvgIpc) is 2.82. The van der Waals surface area contributed by atoms with Crippen molar-refractivity contribution in [2.45, 2.75) is 13.8 Å². The third kappa shape index (κ3) is 1.65. The van der Waals surface area contributed by atoms with Crippen LogP contribution in [0.25, 0.3) is 21.8 Å². The Morgan fingerprint density at radius 2 is 1.63 bits per heavy atom. The molecule has 0 bridgehead atoms. The molecule has 0 aliphatic rings. The predicted molar refractivity (Wildman–Crippen MR) is 78.4 cm³/mol. The third-order valence-corrected chi connectivity index (χ3v) is 3.67. The molecule has 0 saturated carbocycles. The van der Waals surface area contributed by atoms with Gasteiger partial charge in [-0.15, -0.1) is 0 Å². The molecule has 3 nitrogen and oxygen atoms in total. The lowest BCUT2D eigenvalue weighted by atomic mass is 10.0. The molecular weight excluding hydrogens is 238 g/mol. The number of ether oxygens (including phenoxy) is 2. The van der Waals surface area contributed by atoms with E-state index in [1.807, 2.05) is 6.07 Å². The van der Waals surface area contributed by atoms with Crippen LogP contribution in [0.3, 0.4) is 0 Å². The number of aryl methyl sites for hydroxylation is 2. The van der Waals surface area contributed by atoms with Crippen molar-refractivity contribution in [1.29, 1.82) is 0 Å². The van der Waals surface area contributed by atoms with Crippen LogP contribution in [-0.2, 0) is 0 Å². The van der Waals surface area contributed by atoms with E-state index in [0.29, 0.717) is 0 Å². The molecule has 0 unspecified atom stereocenters. The van der Waals surface area contributed by atoms with Crippen molar-refractivity contribution in [2.24, 2.45) is 0 Å². The number of H-pyrrole nitrogens is 1. The maximum Gasteiger partial charge on any atom is 0.146 e. The normalized spacial score (nSPS) is 11.2. The molecule has 0 spiro atoms. The first-order valence-electron chi connectivity index (χ1n) is 6.29. The van der Waals surface area contributed by atoms with Crippen molar-refractivity contribution >= 4 is 21.8 Å². The lowest BCUT2D eigenvalue weighted by Gasteiger charge is -2.05. The van der Waals surface area contributed by atoms with Crippen LogP contribution in [0.1, 0.15) is 11.1 Å². The molecule has 0 amide bonds. The van der Waals surface area contributed by atoms with E-state index >= 15 is 0 Å². The van der Waals surface area contributed by atoms with Crippen molar-refractivity contribution in [3.05, 3.63) is 35.4 Å². The van der Waals surface area contributed by atoms with Gasteiger partial charge in [-0.3, -0.25) is 0 Å². The van der Waals surface area contributed by atoms with Crippen molar-refractivity contribution in [3.8, 4) is 11.5 Å². The second kappa shape index (κ2) is 4.19. The molecule has 98 valence electrons. The van der Waals surface area contributed by atoms with Gasteiger partial charge in [0.05, 0.1) is 19.7 Å². The standard InChI is InChI=1S/C16H17NO2/c1-9-5-6-10(2)15-14(9)12-7-11(18-3)8-13(19-4)16(12)17-15/h5-8,17H,1-4H3. The van der Waals surface area contributed by atoms with E-state index in [4.69, 9.17) is 9.47 Å². The SMILES string of the molecule is COc1cc(OC)c2[nH]c3c(C)ccc(C)c3c2c1. The number of hydrogen-bond donors (Lipinski definition) is 1. The quantitative estimate of drug-likeness (QED) is 0.752. The van der Waals surface area contributed by atoms with Crippen LogP contribution in [0.2, 0.25) is 0 Å². The summed E-state index contributed by atoms with van der Waals surface area (Å²) in [4.78, 5) is 3.48. The molecule has 0 aliphatic heterocycles. The van der Waals surface area contributed by atoms with E-state index in [1.165, 1.54) is 22.0 Å². The molecular formula is C16H17NO2. The number of aromatic nitrogens is 1. The molecule has 0 aliphatic carbocycles. The summed E-state index contributed by atoms with van der Waals surface area (Å²) >= 11 is 0. The second-order valence-electron chi connectivity index (χ2n) is 4.83. The Kier molecular flexibility index (Phi) is 2.63. The van der Waals surface area contributed by atoms with Gasteiger partial charge in [-0.2, -0.15) is 0 Å². The lowest BCUT2D eigenvalue weighted by molar-refractivity contribution is 0.397. The minimum absolute atomic E-state index is 0.810. The predicted octanol–water partition coefficient (Wildman–Crippen LogP) is 3.96. The molecule has 0 fully saturated rings. The number of methoxy groups -OCH3 is 2. The Labute approximate surface area is 112 Å². The maximum absolute atomic E-state index is 5.47. The van der Waals surface area contributed by atoms with E-state index in [0.717, 1.165) is 22.4 Å². The van der Waals surface area contributed by atoms with Gasteiger partial charge in [-0.1, -0.05) is 12.1 Å². The van der Waals surface area contributed by atoms with Crippen LogP contribution in [-0.4, -0.2) is 19.2 Å². The first-order valence-corrected chi connectivity index (χ1v) is 6.29. The fourth-order valence-electron chi connectivity index (χ4n) is 2.64. The maximum atomic E-state index is 5.47. The summed E-state index contributed by atoms with van der Waals surface area (Å²) in [7, 11) is 3.35. The average molecular weight is 255 g/mol. The molecule has 3 rings (SSSR count). The molecule has 19 heavy (non-hydrogen) atoms. The highest BCUT2D eigenvalue weighted by atomic mass is 16.5. The number of aromatic amines is 1. The van der Waals surface area contributed by atoms with Gasteiger partial charge in [-0.25, -0.2) is 0 Å². The topological polar surface area (TPSA) is 34.2 Å². The van der Waals surface area contributed by atoms with E-state index in [1.54, 1.807) is 14.2 Å². The first-order chi connectivity index (χ1) is 9.15. The summed E-state index contributed by atoms with van der Waals surface area (Å²) in [5.41, 5.74) is 4.68. The van der Waals surface area contributed by atoms with E-state index in [-0.39, 0.29) is 0 Å². The van der Waals surface area contributed by atoms with Crippen LogP contribution >= 0.6 is 0 Å². The van der Waals surface area contributed by atoms with Gasteiger partial charge in [0.25, 0.3) is 0 Å². The van der Waals surface area contributed by atoms with E-state index in [9.17, 15) is 0 Å². The lowest BCUT2D eigenvalue weighted by Crippen LogP contribution is -1.88.